The van der Waals surface area contributed by atoms with E-state index < -0.39 is 27.9 Å². The highest BCUT2D eigenvalue weighted by Gasteiger charge is 2.36. The van der Waals surface area contributed by atoms with Gasteiger partial charge >= 0.3 is 6.18 Å². The summed E-state index contributed by atoms with van der Waals surface area (Å²) in [4.78, 5) is 18.5. The second-order valence-corrected chi connectivity index (χ2v) is 15.9. The molecular weight excluding hydrogens is 708 g/mol. The van der Waals surface area contributed by atoms with Gasteiger partial charge in [-0.05, 0) is 24.3 Å². The Morgan fingerprint density at radius 3 is 2.47 bits per heavy atom. The Kier molecular flexibility index (Phi) is 11.3. The molecule has 1 atom stereocenters. The monoisotopic (exact) mass is 747 g/mol. The molecule has 0 aliphatic carbocycles. The molecule has 1 amide bonds. The van der Waals surface area contributed by atoms with E-state index in [1.807, 2.05) is 18.2 Å². The standard InChI is InChI=1S/C34H40F3N7O5S2/c1-51(47,48)43-9-8-30-27(22-43)33(24-6-7-28(34(35,36)37)31(18-24)50-23-32(46)42-14-16-49-17-15-42)39-44(30)21-26(45)20-40-10-12-41(13-11-40)29-5-3-2-4-25(29)19-38/h2-7,18,26,45H,8-17,20-23H2,1H3. The second kappa shape index (κ2) is 15.5. The van der Waals surface area contributed by atoms with Crippen LogP contribution in [0.2, 0.25) is 0 Å². The zero-order valence-corrected chi connectivity index (χ0v) is 29.8. The van der Waals surface area contributed by atoms with Crippen LogP contribution in [0.3, 0.4) is 0 Å². The van der Waals surface area contributed by atoms with Crippen LogP contribution in [0, 0.1) is 11.3 Å². The van der Waals surface area contributed by atoms with Crippen LogP contribution in [0.5, 0.6) is 0 Å². The number of carbonyl (C=O) groups is 1. The third-order valence-electron chi connectivity index (χ3n) is 9.43. The number of carbonyl (C=O) groups excluding carboxylic acids is 1. The van der Waals surface area contributed by atoms with Gasteiger partial charge in [0.2, 0.25) is 15.9 Å². The van der Waals surface area contributed by atoms with Gasteiger partial charge in [-0.3, -0.25) is 14.4 Å². The van der Waals surface area contributed by atoms with E-state index in [4.69, 9.17) is 9.84 Å². The predicted octanol–water partition coefficient (Wildman–Crippen LogP) is 2.89. The van der Waals surface area contributed by atoms with Crippen LogP contribution < -0.4 is 4.90 Å². The van der Waals surface area contributed by atoms with Crippen LogP contribution in [0.25, 0.3) is 11.3 Å². The number of anilines is 1. The Labute approximate surface area is 299 Å². The van der Waals surface area contributed by atoms with Crippen LogP contribution in [0.4, 0.5) is 18.9 Å². The number of fused-ring (bicyclic) bond motifs is 1. The second-order valence-electron chi connectivity index (χ2n) is 12.9. The number of hydrogen-bond donors (Lipinski definition) is 1. The van der Waals surface area contributed by atoms with Crippen LogP contribution in [0.1, 0.15) is 22.4 Å². The fraction of sp³-hybridized carbons (Fsp3) is 0.500. The Balaban J connectivity index is 1.22. The lowest BCUT2D eigenvalue weighted by Gasteiger charge is -2.37. The summed E-state index contributed by atoms with van der Waals surface area (Å²) >= 11 is 0.807. The van der Waals surface area contributed by atoms with Crippen molar-refractivity contribution in [1.29, 1.82) is 5.26 Å². The summed E-state index contributed by atoms with van der Waals surface area (Å²) < 4.78 is 75.7. The number of morpholine rings is 1. The topological polar surface area (TPSA) is 135 Å². The molecule has 51 heavy (non-hydrogen) atoms. The third kappa shape index (κ3) is 8.70. The first-order chi connectivity index (χ1) is 24.3. The molecule has 2 fully saturated rings. The van der Waals surface area contributed by atoms with Gasteiger partial charge in [-0.15, -0.1) is 11.8 Å². The number of aliphatic hydroxyl groups is 1. The largest absolute Gasteiger partial charge is 0.417 e. The molecule has 0 radical (unpaired) electrons. The van der Waals surface area contributed by atoms with Crippen LogP contribution in [0.15, 0.2) is 47.4 Å². The minimum absolute atomic E-state index is 0.00918. The Hall–Kier alpha value is -3.66. The lowest BCUT2D eigenvalue weighted by Crippen LogP contribution is -2.49. The van der Waals surface area contributed by atoms with Gasteiger partial charge in [0, 0.05) is 87.0 Å². The van der Waals surface area contributed by atoms with E-state index >= 15 is 0 Å². The van der Waals surface area contributed by atoms with Crippen molar-refractivity contribution in [3.05, 3.63) is 64.8 Å². The Bertz CT molecular complexity index is 1890. The van der Waals surface area contributed by atoms with E-state index in [1.54, 1.807) is 15.6 Å². The summed E-state index contributed by atoms with van der Waals surface area (Å²) in [5, 5.41) is 25.5. The molecule has 4 heterocycles. The first-order valence-electron chi connectivity index (χ1n) is 16.7. The maximum Gasteiger partial charge on any atom is 0.417 e. The number of benzene rings is 2. The van der Waals surface area contributed by atoms with E-state index in [-0.39, 0.29) is 36.2 Å². The first-order valence-corrected chi connectivity index (χ1v) is 19.5. The Morgan fingerprint density at radius 2 is 1.78 bits per heavy atom. The number of aliphatic hydroxyl groups excluding tert-OH is 1. The molecule has 0 bridgehead atoms. The highest BCUT2D eigenvalue weighted by Crippen LogP contribution is 2.40. The molecule has 1 aromatic heterocycles. The summed E-state index contributed by atoms with van der Waals surface area (Å²) in [7, 11) is -3.58. The third-order valence-corrected chi connectivity index (χ3v) is 11.7. The molecule has 0 saturated carbocycles. The molecule has 1 unspecified atom stereocenters. The minimum Gasteiger partial charge on any atom is -0.390 e. The van der Waals surface area contributed by atoms with Crippen LogP contribution >= 0.6 is 11.8 Å². The molecule has 17 heteroatoms. The molecule has 3 aliphatic rings. The molecular formula is C34H40F3N7O5S2. The molecule has 0 spiro atoms. The van der Waals surface area contributed by atoms with Crippen LogP contribution in [-0.4, -0.2) is 127 Å². The minimum atomic E-state index is -4.66. The number of halogens is 3. The quantitative estimate of drug-likeness (QED) is 0.309. The first kappa shape index (κ1) is 37.1. The molecule has 3 aliphatic heterocycles. The van der Waals surface area contributed by atoms with Gasteiger partial charge in [-0.25, -0.2) is 8.42 Å². The average Bonchev–Trinajstić information content (AvgIpc) is 3.47. The van der Waals surface area contributed by atoms with Crippen molar-refractivity contribution in [2.45, 2.75) is 36.7 Å². The number of ether oxygens (including phenoxy) is 1. The highest BCUT2D eigenvalue weighted by molar-refractivity contribution is 8.00. The summed E-state index contributed by atoms with van der Waals surface area (Å²) in [6, 6.07) is 13.4. The summed E-state index contributed by atoms with van der Waals surface area (Å²) in [6.45, 7) is 4.87. The number of piperazine rings is 1. The van der Waals surface area contributed by atoms with Crippen molar-refractivity contribution >= 4 is 33.4 Å². The number of β-amino-alcohol motifs (C(OH)–C–C–N with tert-alkyl or cyclic N) is 1. The highest BCUT2D eigenvalue weighted by atomic mass is 32.2. The van der Waals surface area contributed by atoms with Gasteiger partial charge in [0.05, 0.1) is 60.4 Å². The number of rotatable bonds is 10. The molecule has 3 aromatic rings. The van der Waals surface area contributed by atoms with E-state index in [2.05, 4.69) is 15.9 Å². The van der Waals surface area contributed by atoms with Crippen molar-refractivity contribution in [2.75, 3.05) is 82.5 Å². The van der Waals surface area contributed by atoms with Crippen molar-refractivity contribution in [2.24, 2.45) is 0 Å². The fourth-order valence-electron chi connectivity index (χ4n) is 6.77. The predicted molar refractivity (Wildman–Crippen MR) is 186 cm³/mol. The van der Waals surface area contributed by atoms with Crippen LogP contribution in [-0.2, 0) is 45.2 Å². The Morgan fingerprint density at radius 1 is 1.06 bits per heavy atom. The number of sulfonamides is 1. The molecule has 2 saturated heterocycles. The van der Waals surface area contributed by atoms with Gasteiger partial charge < -0.3 is 19.6 Å². The van der Waals surface area contributed by atoms with Gasteiger partial charge in [-0.2, -0.15) is 27.8 Å². The average molecular weight is 748 g/mol. The van der Waals surface area contributed by atoms with E-state index in [0.717, 1.165) is 35.5 Å². The van der Waals surface area contributed by atoms with Gasteiger partial charge in [0.15, 0.2) is 0 Å². The molecule has 6 rings (SSSR count). The van der Waals surface area contributed by atoms with Gasteiger partial charge in [0.25, 0.3) is 0 Å². The zero-order chi connectivity index (χ0) is 36.3. The summed E-state index contributed by atoms with van der Waals surface area (Å²) in [5.74, 6) is -0.471. The lowest BCUT2D eigenvalue weighted by atomic mass is 10.0. The van der Waals surface area contributed by atoms with Crippen molar-refractivity contribution in [1.82, 2.24) is 23.9 Å². The van der Waals surface area contributed by atoms with Crippen molar-refractivity contribution in [3.8, 4) is 17.3 Å². The maximum atomic E-state index is 14.1. The number of nitriles is 1. The number of hydrogen-bond acceptors (Lipinski definition) is 10. The number of amides is 1. The van der Waals surface area contributed by atoms with E-state index in [0.29, 0.717) is 87.8 Å². The molecule has 274 valence electrons. The molecule has 1 N–H and O–H groups in total. The lowest BCUT2D eigenvalue weighted by molar-refractivity contribution is -0.139. The SMILES string of the molecule is CS(=O)(=O)N1CCc2c(c(-c3ccc(C(F)(F)F)c(SCC(=O)N4CCOCC4)c3)nn2CC(O)CN2CCN(c3ccccc3C#N)CC2)C1. The zero-order valence-electron chi connectivity index (χ0n) is 28.2. The number of thioether (sulfide) groups is 1. The van der Waals surface area contributed by atoms with Gasteiger partial charge in [-0.1, -0.05) is 18.2 Å². The van der Waals surface area contributed by atoms with Gasteiger partial charge in [0.1, 0.15) is 6.07 Å². The summed E-state index contributed by atoms with van der Waals surface area (Å²) in [6.07, 6.45) is -4.07. The number of nitrogens with zero attached hydrogens (tertiary/aromatic N) is 7. The number of alkyl halides is 3. The maximum absolute atomic E-state index is 14.1. The number of aromatic nitrogens is 2. The summed E-state index contributed by atoms with van der Waals surface area (Å²) in [5.41, 5.74) is 2.61. The molecule has 2 aromatic carbocycles. The van der Waals surface area contributed by atoms with E-state index in [1.165, 1.54) is 16.4 Å². The number of para-hydroxylation sites is 1. The fourth-order valence-corrected chi connectivity index (χ4v) is 8.57. The van der Waals surface area contributed by atoms with E-state index in [9.17, 15) is 36.8 Å². The molecule has 12 nitrogen and oxygen atoms in total. The smallest absolute Gasteiger partial charge is 0.390 e. The van der Waals surface area contributed by atoms with Crippen molar-refractivity contribution in [3.63, 3.8) is 0 Å². The van der Waals surface area contributed by atoms with Crippen molar-refractivity contribution < 1.29 is 36.2 Å². The normalized spacial score (nSPS) is 18.4.